The fourth-order valence-electron chi connectivity index (χ4n) is 2.42. The number of nitrogens with one attached hydrogen (secondary N) is 1. The van der Waals surface area contributed by atoms with Gasteiger partial charge in [-0.05, 0) is 48.7 Å². The minimum absolute atomic E-state index is 0.629. The highest BCUT2D eigenvalue weighted by molar-refractivity contribution is 5.75. The molecular weight excluding hydrogens is 260 g/mol. The third kappa shape index (κ3) is 3.24. The Morgan fingerprint density at radius 1 is 1.14 bits per heavy atom. The van der Waals surface area contributed by atoms with Crippen LogP contribution in [0.25, 0.3) is 11.0 Å². The summed E-state index contributed by atoms with van der Waals surface area (Å²) in [5.74, 6) is 1.89. The van der Waals surface area contributed by atoms with Gasteiger partial charge in [0.1, 0.15) is 11.6 Å². The lowest BCUT2D eigenvalue weighted by atomic mass is 10.1. The Balaban J connectivity index is 1.65. The minimum Gasteiger partial charge on any atom is -0.493 e. The molecule has 0 saturated carbocycles. The number of aromatic nitrogens is 2. The van der Waals surface area contributed by atoms with E-state index in [0.29, 0.717) is 6.61 Å². The smallest absolute Gasteiger partial charge is 0.119 e. The molecule has 108 valence electrons. The van der Waals surface area contributed by atoms with Gasteiger partial charge in [0.15, 0.2) is 0 Å². The van der Waals surface area contributed by atoms with Crippen LogP contribution in [-0.4, -0.2) is 16.6 Å². The number of aromatic amines is 1. The Kier molecular flexibility index (Phi) is 3.91. The van der Waals surface area contributed by atoms with Crippen LogP contribution in [0.15, 0.2) is 42.5 Å². The molecule has 3 heteroatoms. The summed E-state index contributed by atoms with van der Waals surface area (Å²) in [6.45, 7) is 4.86. The van der Waals surface area contributed by atoms with Gasteiger partial charge in [-0.1, -0.05) is 25.1 Å². The molecule has 0 bridgehead atoms. The third-order valence-corrected chi connectivity index (χ3v) is 3.60. The van der Waals surface area contributed by atoms with Crippen molar-refractivity contribution in [3.05, 3.63) is 59.4 Å². The summed E-state index contributed by atoms with van der Waals surface area (Å²) in [6.07, 6.45) is 1.82. The van der Waals surface area contributed by atoms with E-state index < -0.39 is 0 Å². The van der Waals surface area contributed by atoms with E-state index in [4.69, 9.17) is 4.74 Å². The molecule has 2 aromatic carbocycles. The Labute approximate surface area is 125 Å². The molecule has 1 aromatic heterocycles. The van der Waals surface area contributed by atoms with E-state index in [9.17, 15) is 0 Å². The van der Waals surface area contributed by atoms with E-state index in [1.165, 1.54) is 11.1 Å². The Hall–Kier alpha value is -2.29. The third-order valence-electron chi connectivity index (χ3n) is 3.60. The topological polar surface area (TPSA) is 37.9 Å². The maximum Gasteiger partial charge on any atom is 0.119 e. The lowest BCUT2D eigenvalue weighted by Crippen LogP contribution is -2.02. The molecule has 0 radical (unpaired) electrons. The average molecular weight is 280 g/mol. The normalized spacial score (nSPS) is 11.0. The largest absolute Gasteiger partial charge is 0.493 e. The van der Waals surface area contributed by atoms with Crippen LogP contribution in [0.3, 0.4) is 0 Å². The lowest BCUT2D eigenvalue weighted by molar-refractivity contribution is 0.319. The first-order chi connectivity index (χ1) is 10.2. The zero-order valence-electron chi connectivity index (χ0n) is 12.5. The van der Waals surface area contributed by atoms with Gasteiger partial charge in [-0.2, -0.15) is 0 Å². The van der Waals surface area contributed by atoms with Gasteiger partial charge >= 0.3 is 0 Å². The van der Waals surface area contributed by atoms with E-state index in [0.717, 1.165) is 35.4 Å². The molecule has 1 N–H and O–H groups in total. The number of imidazole rings is 1. The number of hydrogen-bond donors (Lipinski definition) is 1. The molecule has 0 aliphatic rings. The molecular formula is C18H20N2O. The van der Waals surface area contributed by atoms with E-state index in [2.05, 4.69) is 48.1 Å². The van der Waals surface area contributed by atoms with Gasteiger partial charge < -0.3 is 9.72 Å². The Bertz CT molecular complexity index is 746. The maximum atomic E-state index is 5.77. The van der Waals surface area contributed by atoms with Gasteiger partial charge in [-0.25, -0.2) is 4.98 Å². The van der Waals surface area contributed by atoms with Crippen molar-refractivity contribution in [3.63, 3.8) is 0 Å². The van der Waals surface area contributed by atoms with Crippen LogP contribution < -0.4 is 4.74 Å². The predicted molar refractivity (Wildman–Crippen MR) is 85.8 cm³/mol. The number of ether oxygens (including phenoxy) is 1. The van der Waals surface area contributed by atoms with Crippen molar-refractivity contribution in [2.75, 3.05) is 6.61 Å². The average Bonchev–Trinajstić information content (AvgIpc) is 2.89. The molecule has 0 aliphatic carbocycles. The van der Waals surface area contributed by atoms with E-state index in [1.54, 1.807) is 0 Å². The first kappa shape index (κ1) is 13.7. The second kappa shape index (κ2) is 6.00. The number of aryl methyl sites for hydroxylation is 2. The number of H-pyrrole nitrogens is 1. The highest BCUT2D eigenvalue weighted by atomic mass is 16.5. The number of nitrogens with zero attached hydrogens (tertiary/aromatic N) is 1. The van der Waals surface area contributed by atoms with Crippen molar-refractivity contribution >= 4 is 11.0 Å². The molecule has 0 saturated heterocycles. The van der Waals surface area contributed by atoms with Crippen molar-refractivity contribution in [3.8, 4) is 5.75 Å². The molecule has 3 aromatic rings. The number of benzene rings is 2. The Morgan fingerprint density at radius 2 is 2.05 bits per heavy atom. The van der Waals surface area contributed by atoms with Crippen LogP contribution in [0.4, 0.5) is 0 Å². The van der Waals surface area contributed by atoms with Crippen molar-refractivity contribution in [1.82, 2.24) is 9.97 Å². The standard InChI is InChI=1S/C18H20N2O/c1-3-14-7-8-16-17(12-14)20-18(19-16)9-10-21-15-6-4-5-13(2)11-15/h4-8,11-12H,3,9-10H2,1-2H3,(H,19,20). The minimum atomic E-state index is 0.629. The van der Waals surface area contributed by atoms with Crippen LogP contribution in [0.2, 0.25) is 0 Å². The highest BCUT2D eigenvalue weighted by Crippen LogP contribution is 2.16. The number of hydrogen-bond acceptors (Lipinski definition) is 2. The van der Waals surface area contributed by atoms with Gasteiger partial charge in [0, 0.05) is 6.42 Å². The first-order valence-corrected chi connectivity index (χ1v) is 7.41. The van der Waals surface area contributed by atoms with Gasteiger partial charge in [-0.3, -0.25) is 0 Å². The van der Waals surface area contributed by atoms with Crippen LogP contribution >= 0.6 is 0 Å². The summed E-state index contributed by atoms with van der Waals surface area (Å²) in [4.78, 5) is 7.98. The van der Waals surface area contributed by atoms with E-state index >= 15 is 0 Å². The molecule has 0 unspecified atom stereocenters. The molecule has 0 atom stereocenters. The van der Waals surface area contributed by atoms with Crippen molar-refractivity contribution in [2.24, 2.45) is 0 Å². The predicted octanol–water partition coefficient (Wildman–Crippen LogP) is 4.06. The van der Waals surface area contributed by atoms with Crippen LogP contribution in [0.1, 0.15) is 23.9 Å². The van der Waals surface area contributed by atoms with Gasteiger partial charge in [0.2, 0.25) is 0 Å². The molecule has 0 fully saturated rings. The second-order valence-corrected chi connectivity index (χ2v) is 5.30. The molecule has 0 spiro atoms. The maximum absolute atomic E-state index is 5.77. The number of rotatable bonds is 5. The Morgan fingerprint density at radius 3 is 2.86 bits per heavy atom. The highest BCUT2D eigenvalue weighted by Gasteiger charge is 2.04. The summed E-state index contributed by atoms with van der Waals surface area (Å²) < 4.78 is 5.77. The second-order valence-electron chi connectivity index (χ2n) is 5.30. The molecule has 3 rings (SSSR count). The lowest BCUT2D eigenvalue weighted by Gasteiger charge is -2.05. The molecule has 1 heterocycles. The van der Waals surface area contributed by atoms with Gasteiger partial charge in [-0.15, -0.1) is 0 Å². The zero-order chi connectivity index (χ0) is 14.7. The van der Waals surface area contributed by atoms with Crippen molar-refractivity contribution in [2.45, 2.75) is 26.7 Å². The zero-order valence-corrected chi connectivity index (χ0v) is 12.5. The van der Waals surface area contributed by atoms with Crippen molar-refractivity contribution in [1.29, 1.82) is 0 Å². The molecule has 0 aliphatic heterocycles. The molecule has 0 amide bonds. The summed E-state index contributed by atoms with van der Waals surface area (Å²) in [5.41, 5.74) is 4.68. The number of fused-ring (bicyclic) bond motifs is 1. The van der Waals surface area contributed by atoms with Crippen LogP contribution in [0, 0.1) is 6.92 Å². The fraction of sp³-hybridized carbons (Fsp3) is 0.278. The molecule has 21 heavy (non-hydrogen) atoms. The van der Waals surface area contributed by atoms with E-state index in [1.807, 2.05) is 18.2 Å². The summed E-state index contributed by atoms with van der Waals surface area (Å²) in [7, 11) is 0. The van der Waals surface area contributed by atoms with Crippen molar-refractivity contribution < 1.29 is 4.74 Å². The molecule has 3 nitrogen and oxygen atoms in total. The first-order valence-electron chi connectivity index (χ1n) is 7.41. The SMILES string of the molecule is CCc1ccc2nc(CCOc3cccc(C)c3)[nH]c2c1. The fourth-order valence-corrected chi connectivity index (χ4v) is 2.42. The summed E-state index contributed by atoms with van der Waals surface area (Å²) in [6, 6.07) is 14.5. The summed E-state index contributed by atoms with van der Waals surface area (Å²) in [5, 5.41) is 0. The summed E-state index contributed by atoms with van der Waals surface area (Å²) >= 11 is 0. The van der Waals surface area contributed by atoms with E-state index in [-0.39, 0.29) is 0 Å². The van der Waals surface area contributed by atoms with Gasteiger partial charge in [0.05, 0.1) is 17.6 Å². The van der Waals surface area contributed by atoms with Crippen LogP contribution in [-0.2, 0) is 12.8 Å². The van der Waals surface area contributed by atoms with Crippen LogP contribution in [0.5, 0.6) is 5.75 Å². The monoisotopic (exact) mass is 280 g/mol. The quantitative estimate of drug-likeness (QED) is 0.765. The van der Waals surface area contributed by atoms with Gasteiger partial charge in [0.25, 0.3) is 0 Å².